The second kappa shape index (κ2) is 10.7. The average Bonchev–Trinajstić information content (AvgIpc) is 3.41. The molecule has 1 saturated heterocycles. The topological polar surface area (TPSA) is 105 Å². The third kappa shape index (κ3) is 5.15. The lowest BCUT2D eigenvalue weighted by Crippen LogP contribution is -2.34. The molecule has 8 nitrogen and oxygen atoms in total. The Morgan fingerprint density at radius 1 is 1.08 bits per heavy atom. The summed E-state index contributed by atoms with van der Waals surface area (Å²) in [5.74, 6) is -6.49. The highest BCUT2D eigenvalue weighted by Gasteiger charge is 2.34. The van der Waals surface area contributed by atoms with Crippen LogP contribution in [0.3, 0.4) is 0 Å². The van der Waals surface area contributed by atoms with E-state index in [9.17, 15) is 18.0 Å². The first kappa shape index (κ1) is 27.0. The minimum Gasteiger partial charge on any atom is -0.478 e. The van der Waals surface area contributed by atoms with Gasteiger partial charge in [-0.3, -0.25) is 0 Å². The number of aromatic carboxylic acids is 1. The summed E-state index contributed by atoms with van der Waals surface area (Å²) >= 11 is 0. The zero-order valence-corrected chi connectivity index (χ0v) is 20.9. The van der Waals surface area contributed by atoms with E-state index in [1.54, 1.807) is 0 Å². The number of benzene rings is 2. The SMILES string of the molecule is CC.CC(F)(F)c1nc(C2CCN(c3ncnc4c(-c5ccc(C(=O)O)c(F)c5)ccc(F)c34)CC2)no1. The number of piperidine rings is 1. The van der Waals surface area contributed by atoms with Gasteiger partial charge in [0, 0.05) is 31.5 Å². The fraction of sp³-hybridized carbons (Fsp3) is 0.346. The van der Waals surface area contributed by atoms with Crippen LogP contribution in [0.25, 0.3) is 22.0 Å². The number of hydrogen-bond donors (Lipinski definition) is 1. The van der Waals surface area contributed by atoms with E-state index < -0.39 is 35.0 Å². The highest BCUT2D eigenvalue weighted by Crippen LogP contribution is 2.37. The van der Waals surface area contributed by atoms with Crippen LogP contribution in [0, 0.1) is 11.6 Å². The number of carbonyl (C=O) groups is 1. The minimum atomic E-state index is -3.22. The van der Waals surface area contributed by atoms with Crippen molar-refractivity contribution in [3.05, 3.63) is 65.6 Å². The smallest absolute Gasteiger partial charge is 0.338 e. The first-order chi connectivity index (χ1) is 18.1. The number of carboxylic acid groups (broad SMARTS) is 1. The lowest BCUT2D eigenvalue weighted by atomic mass is 9.95. The summed E-state index contributed by atoms with van der Waals surface area (Å²) in [6, 6.07) is 6.33. The minimum absolute atomic E-state index is 0.142. The Morgan fingerprint density at radius 3 is 2.39 bits per heavy atom. The van der Waals surface area contributed by atoms with Gasteiger partial charge in [-0.05, 0) is 42.7 Å². The Labute approximate surface area is 215 Å². The lowest BCUT2D eigenvalue weighted by molar-refractivity contribution is -0.0158. The molecule has 2 aromatic carbocycles. The molecule has 1 N–H and O–H groups in total. The number of fused-ring (bicyclic) bond motifs is 1. The monoisotopic (exact) mass is 531 g/mol. The summed E-state index contributed by atoms with van der Waals surface area (Å²) in [7, 11) is 0. The first-order valence-electron chi connectivity index (χ1n) is 12.1. The predicted molar refractivity (Wildman–Crippen MR) is 131 cm³/mol. The molecule has 0 bridgehead atoms. The van der Waals surface area contributed by atoms with Gasteiger partial charge >= 0.3 is 11.9 Å². The van der Waals surface area contributed by atoms with E-state index in [-0.39, 0.29) is 22.6 Å². The Hall–Kier alpha value is -4.09. The van der Waals surface area contributed by atoms with Gasteiger partial charge in [0.15, 0.2) is 5.82 Å². The summed E-state index contributed by atoms with van der Waals surface area (Å²) in [5, 5.41) is 12.9. The zero-order chi connectivity index (χ0) is 27.6. The van der Waals surface area contributed by atoms with Crippen LogP contribution in [0.2, 0.25) is 0 Å². The van der Waals surface area contributed by atoms with Gasteiger partial charge in [-0.15, -0.1) is 0 Å². The van der Waals surface area contributed by atoms with Gasteiger partial charge < -0.3 is 14.5 Å². The van der Waals surface area contributed by atoms with Crippen LogP contribution in [-0.2, 0) is 5.92 Å². The number of alkyl halides is 2. The zero-order valence-electron chi connectivity index (χ0n) is 20.9. The van der Waals surface area contributed by atoms with Crippen molar-refractivity contribution in [1.29, 1.82) is 0 Å². The summed E-state index contributed by atoms with van der Waals surface area (Å²) in [4.78, 5) is 25.4. The lowest BCUT2D eigenvalue weighted by Gasteiger charge is -2.32. The highest BCUT2D eigenvalue weighted by atomic mass is 19.3. The number of nitrogens with zero attached hydrogens (tertiary/aromatic N) is 5. The molecule has 38 heavy (non-hydrogen) atoms. The van der Waals surface area contributed by atoms with Gasteiger partial charge in [0.05, 0.1) is 16.5 Å². The van der Waals surface area contributed by atoms with E-state index in [0.717, 1.165) is 12.1 Å². The van der Waals surface area contributed by atoms with E-state index in [0.29, 0.717) is 49.8 Å². The van der Waals surface area contributed by atoms with Crippen molar-refractivity contribution in [2.45, 2.75) is 45.5 Å². The molecule has 0 atom stereocenters. The van der Waals surface area contributed by atoms with Crippen LogP contribution < -0.4 is 4.90 Å². The quantitative estimate of drug-likeness (QED) is 0.305. The molecule has 1 aliphatic rings. The van der Waals surface area contributed by atoms with Crippen LogP contribution in [0.5, 0.6) is 0 Å². The summed E-state index contributed by atoms with van der Waals surface area (Å²) in [6.45, 7) is 5.54. The Morgan fingerprint density at radius 2 is 1.79 bits per heavy atom. The molecular formula is C26H25F4N5O3. The molecule has 4 aromatic rings. The molecule has 2 aromatic heterocycles. The molecule has 0 spiro atoms. The normalized spacial score (nSPS) is 14.3. The van der Waals surface area contributed by atoms with Gasteiger partial charge in [-0.1, -0.05) is 25.1 Å². The number of carboxylic acids is 1. The van der Waals surface area contributed by atoms with Crippen molar-refractivity contribution in [3.63, 3.8) is 0 Å². The Bertz CT molecular complexity index is 1460. The average molecular weight is 532 g/mol. The maximum Gasteiger partial charge on any atom is 0.338 e. The summed E-state index contributed by atoms with van der Waals surface area (Å²) in [5.41, 5.74) is 0.532. The van der Waals surface area contributed by atoms with Crippen LogP contribution in [0.1, 0.15) is 61.6 Å². The second-order valence-electron chi connectivity index (χ2n) is 8.62. The summed E-state index contributed by atoms with van der Waals surface area (Å²) in [6.07, 6.45) is 2.29. The molecule has 0 saturated carbocycles. The van der Waals surface area contributed by atoms with E-state index in [1.807, 2.05) is 18.7 Å². The van der Waals surface area contributed by atoms with Crippen molar-refractivity contribution < 1.29 is 32.0 Å². The predicted octanol–water partition coefficient (Wildman–Crippen LogP) is 6.18. The highest BCUT2D eigenvalue weighted by molar-refractivity contribution is 6.00. The number of anilines is 1. The van der Waals surface area contributed by atoms with Crippen LogP contribution >= 0.6 is 0 Å². The van der Waals surface area contributed by atoms with E-state index in [2.05, 4.69) is 20.1 Å². The fourth-order valence-electron chi connectivity index (χ4n) is 4.38. The standard InChI is InChI=1S/C24H19F4N5O3.C2H6/c1-24(27,28)23-31-20(32-36-23)12-6-8-33(9-7-12)21-18-16(25)5-4-14(19(18)29-11-30-21)13-2-3-15(22(34)35)17(26)10-13;1-2/h2-5,10-12H,6-9H2,1H3,(H,34,35);1-2H3. The van der Waals surface area contributed by atoms with Crippen molar-refractivity contribution in [2.75, 3.05) is 18.0 Å². The Balaban J connectivity index is 0.00000164. The first-order valence-corrected chi connectivity index (χ1v) is 12.1. The van der Waals surface area contributed by atoms with Crippen molar-refractivity contribution in [1.82, 2.24) is 20.1 Å². The number of hydrogen-bond acceptors (Lipinski definition) is 7. The number of aromatic nitrogens is 4. The van der Waals surface area contributed by atoms with E-state index >= 15 is 4.39 Å². The van der Waals surface area contributed by atoms with Gasteiger partial charge in [0.25, 0.3) is 5.89 Å². The van der Waals surface area contributed by atoms with Crippen LogP contribution in [0.4, 0.5) is 23.4 Å². The van der Waals surface area contributed by atoms with Gasteiger partial charge in [0.2, 0.25) is 0 Å². The molecule has 5 rings (SSSR count). The molecule has 0 amide bonds. The van der Waals surface area contributed by atoms with Gasteiger partial charge in [-0.25, -0.2) is 23.5 Å². The molecule has 12 heteroatoms. The molecule has 1 fully saturated rings. The third-order valence-corrected chi connectivity index (χ3v) is 6.20. The van der Waals surface area contributed by atoms with E-state index in [4.69, 9.17) is 9.63 Å². The molecule has 3 heterocycles. The molecule has 200 valence electrons. The molecule has 0 radical (unpaired) electrons. The van der Waals surface area contributed by atoms with Crippen molar-refractivity contribution in [3.8, 4) is 11.1 Å². The third-order valence-electron chi connectivity index (χ3n) is 6.20. The van der Waals surface area contributed by atoms with Crippen LogP contribution in [0.15, 0.2) is 41.2 Å². The maximum absolute atomic E-state index is 15.0. The number of halogens is 4. The molecule has 0 unspecified atom stereocenters. The van der Waals surface area contributed by atoms with Gasteiger partial charge in [0.1, 0.15) is 23.8 Å². The fourth-order valence-corrected chi connectivity index (χ4v) is 4.38. The largest absolute Gasteiger partial charge is 0.478 e. The van der Waals surface area contributed by atoms with Crippen molar-refractivity contribution in [2.24, 2.45) is 0 Å². The van der Waals surface area contributed by atoms with Crippen molar-refractivity contribution >= 4 is 22.7 Å². The Kier molecular flexibility index (Phi) is 7.61. The van der Waals surface area contributed by atoms with Gasteiger partial charge in [-0.2, -0.15) is 13.8 Å². The molecule has 0 aliphatic carbocycles. The number of rotatable bonds is 5. The molecular weight excluding hydrogens is 506 g/mol. The second-order valence-corrected chi connectivity index (χ2v) is 8.62. The molecule has 1 aliphatic heterocycles. The van der Waals surface area contributed by atoms with Crippen LogP contribution in [-0.4, -0.2) is 44.3 Å². The van der Waals surface area contributed by atoms with E-state index in [1.165, 1.54) is 24.5 Å². The summed E-state index contributed by atoms with van der Waals surface area (Å²) < 4.78 is 60.9. The maximum atomic E-state index is 15.0.